The SMILES string of the molecule is CC(=O)c1ccc(N2CCCc3ccccc32)cc1Cl. The van der Waals surface area contributed by atoms with Gasteiger partial charge in [-0.2, -0.15) is 0 Å². The van der Waals surface area contributed by atoms with E-state index in [1.54, 1.807) is 0 Å². The van der Waals surface area contributed by atoms with Gasteiger partial charge in [-0.25, -0.2) is 0 Å². The van der Waals surface area contributed by atoms with E-state index in [1.165, 1.54) is 18.2 Å². The fraction of sp³-hybridized carbons (Fsp3) is 0.235. The van der Waals surface area contributed by atoms with Crippen molar-refractivity contribution in [2.75, 3.05) is 11.4 Å². The number of anilines is 2. The molecule has 0 N–H and O–H groups in total. The summed E-state index contributed by atoms with van der Waals surface area (Å²) in [7, 11) is 0. The summed E-state index contributed by atoms with van der Waals surface area (Å²) in [6, 6.07) is 14.1. The molecule has 2 aromatic rings. The van der Waals surface area contributed by atoms with Crippen LogP contribution in [-0.2, 0) is 6.42 Å². The monoisotopic (exact) mass is 285 g/mol. The molecule has 1 aliphatic rings. The van der Waals surface area contributed by atoms with Gasteiger partial charge in [0.15, 0.2) is 5.78 Å². The Kier molecular flexibility index (Phi) is 3.49. The molecule has 0 aromatic heterocycles. The number of Topliss-reactive ketones (excluding diaryl/α,β-unsaturated/α-hetero) is 1. The highest BCUT2D eigenvalue weighted by Crippen LogP contribution is 2.35. The zero-order valence-corrected chi connectivity index (χ0v) is 12.2. The van der Waals surface area contributed by atoms with Gasteiger partial charge in [0.1, 0.15) is 0 Å². The number of aryl methyl sites for hydroxylation is 1. The molecule has 1 heterocycles. The third-order valence-corrected chi connectivity index (χ3v) is 4.07. The molecule has 1 aliphatic heterocycles. The minimum atomic E-state index is 0.000550. The number of hydrogen-bond acceptors (Lipinski definition) is 2. The Morgan fingerprint density at radius 1 is 1.20 bits per heavy atom. The molecule has 0 unspecified atom stereocenters. The average molecular weight is 286 g/mol. The van der Waals surface area contributed by atoms with Gasteiger partial charge in [0, 0.05) is 23.5 Å². The zero-order valence-electron chi connectivity index (χ0n) is 11.4. The third-order valence-electron chi connectivity index (χ3n) is 3.75. The fourth-order valence-corrected chi connectivity index (χ4v) is 3.07. The molecule has 3 heteroatoms. The smallest absolute Gasteiger partial charge is 0.161 e. The van der Waals surface area contributed by atoms with Gasteiger partial charge in [-0.15, -0.1) is 0 Å². The van der Waals surface area contributed by atoms with Crippen LogP contribution in [0.25, 0.3) is 0 Å². The van der Waals surface area contributed by atoms with Gasteiger partial charge < -0.3 is 4.90 Å². The second-order valence-electron chi connectivity index (χ2n) is 5.10. The lowest BCUT2D eigenvalue weighted by molar-refractivity contribution is 0.101. The lowest BCUT2D eigenvalue weighted by Gasteiger charge is -2.31. The molecular formula is C17H16ClNO. The zero-order chi connectivity index (χ0) is 14.1. The number of fused-ring (bicyclic) bond motifs is 1. The highest BCUT2D eigenvalue weighted by Gasteiger charge is 2.18. The van der Waals surface area contributed by atoms with Crippen molar-refractivity contribution < 1.29 is 4.79 Å². The molecule has 3 rings (SSSR count). The van der Waals surface area contributed by atoms with Gasteiger partial charge in [0.05, 0.1) is 5.02 Å². The number of carbonyl (C=O) groups is 1. The summed E-state index contributed by atoms with van der Waals surface area (Å²) >= 11 is 6.22. The van der Waals surface area contributed by atoms with E-state index in [1.807, 2.05) is 18.2 Å². The van der Waals surface area contributed by atoms with Gasteiger partial charge in [-0.05, 0) is 49.6 Å². The largest absolute Gasteiger partial charge is 0.341 e. The predicted octanol–water partition coefficient (Wildman–Crippen LogP) is 4.63. The van der Waals surface area contributed by atoms with E-state index in [2.05, 4.69) is 29.2 Å². The maximum absolute atomic E-state index is 11.5. The summed E-state index contributed by atoms with van der Waals surface area (Å²) in [6.45, 7) is 2.52. The van der Waals surface area contributed by atoms with Gasteiger partial charge >= 0.3 is 0 Å². The van der Waals surface area contributed by atoms with Crippen molar-refractivity contribution >= 4 is 28.8 Å². The molecule has 0 aliphatic carbocycles. The highest BCUT2D eigenvalue weighted by molar-refractivity contribution is 6.34. The second kappa shape index (κ2) is 5.29. The first-order chi connectivity index (χ1) is 9.66. The molecule has 0 radical (unpaired) electrons. The number of para-hydroxylation sites is 1. The van der Waals surface area contributed by atoms with Crippen LogP contribution in [-0.4, -0.2) is 12.3 Å². The summed E-state index contributed by atoms with van der Waals surface area (Å²) in [5.74, 6) is 0.000550. The number of benzene rings is 2. The summed E-state index contributed by atoms with van der Waals surface area (Å²) in [5, 5.41) is 0.526. The Morgan fingerprint density at radius 3 is 2.75 bits per heavy atom. The molecule has 20 heavy (non-hydrogen) atoms. The summed E-state index contributed by atoms with van der Waals surface area (Å²) < 4.78 is 0. The topological polar surface area (TPSA) is 20.3 Å². The Bertz CT molecular complexity index is 666. The summed E-state index contributed by atoms with van der Waals surface area (Å²) in [4.78, 5) is 13.7. The first-order valence-electron chi connectivity index (χ1n) is 6.83. The molecular weight excluding hydrogens is 270 g/mol. The Hall–Kier alpha value is -1.80. The molecule has 0 spiro atoms. The quantitative estimate of drug-likeness (QED) is 0.750. The highest BCUT2D eigenvalue weighted by atomic mass is 35.5. The van der Waals surface area contributed by atoms with Crippen LogP contribution in [0.5, 0.6) is 0 Å². The molecule has 0 saturated carbocycles. The molecule has 102 valence electrons. The van der Waals surface area contributed by atoms with Crippen LogP contribution in [0, 0.1) is 0 Å². The van der Waals surface area contributed by atoms with Crippen molar-refractivity contribution in [1.29, 1.82) is 0 Å². The van der Waals surface area contributed by atoms with Crippen LogP contribution in [0.15, 0.2) is 42.5 Å². The van der Waals surface area contributed by atoms with Crippen molar-refractivity contribution in [3.05, 3.63) is 58.6 Å². The number of nitrogens with zero attached hydrogens (tertiary/aromatic N) is 1. The standard InChI is InChI=1S/C17H16ClNO/c1-12(20)15-9-8-14(11-16(15)18)19-10-4-6-13-5-2-3-7-17(13)19/h2-3,5,7-9,11H,4,6,10H2,1H3. The molecule has 0 bridgehead atoms. The molecule has 2 nitrogen and oxygen atoms in total. The Labute approximate surface area is 124 Å². The van der Waals surface area contributed by atoms with Crippen molar-refractivity contribution in [3.63, 3.8) is 0 Å². The van der Waals surface area contributed by atoms with E-state index in [9.17, 15) is 4.79 Å². The number of hydrogen-bond donors (Lipinski definition) is 0. The third kappa shape index (κ3) is 2.32. The van der Waals surface area contributed by atoms with Crippen LogP contribution < -0.4 is 4.90 Å². The van der Waals surface area contributed by atoms with Gasteiger partial charge in [-0.1, -0.05) is 29.8 Å². The van der Waals surface area contributed by atoms with E-state index in [0.717, 1.165) is 25.1 Å². The molecule has 0 atom stereocenters. The summed E-state index contributed by atoms with van der Waals surface area (Å²) in [5.41, 5.74) is 4.24. The Morgan fingerprint density at radius 2 is 2.00 bits per heavy atom. The lowest BCUT2D eigenvalue weighted by atomic mass is 10.0. The maximum atomic E-state index is 11.5. The van der Waals surface area contributed by atoms with Crippen molar-refractivity contribution in [3.8, 4) is 0 Å². The van der Waals surface area contributed by atoms with E-state index in [0.29, 0.717) is 10.6 Å². The maximum Gasteiger partial charge on any atom is 0.161 e. The van der Waals surface area contributed by atoms with Crippen molar-refractivity contribution in [2.24, 2.45) is 0 Å². The van der Waals surface area contributed by atoms with Crippen LogP contribution in [0.1, 0.15) is 29.3 Å². The molecule has 0 amide bonds. The molecule has 0 fully saturated rings. The fourth-order valence-electron chi connectivity index (χ4n) is 2.76. The number of ketones is 1. The normalized spacial score (nSPS) is 14.0. The van der Waals surface area contributed by atoms with Crippen LogP contribution in [0.4, 0.5) is 11.4 Å². The Balaban J connectivity index is 2.03. The average Bonchev–Trinajstić information content (AvgIpc) is 2.46. The molecule has 0 saturated heterocycles. The van der Waals surface area contributed by atoms with E-state index in [4.69, 9.17) is 11.6 Å². The lowest BCUT2D eigenvalue weighted by Crippen LogP contribution is -2.24. The van der Waals surface area contributed by atoms with Gasteiger partial charge in [0.25, 0.3) is 0 Å². The van der Waals surface area contributed by atoms with Crippen LogP contribution >= 0.6 is 11.6 Å². The minimum absolute atomic E-state index is 0.000550. The minimum Gasteiger partial charge on any atom is -0.341 e. The summed E-state index contributed by atoms with van der Waals surface area (Å²) in [6.07, 6.45) is 2.25. The van der Waals surface area contributed by atoms with Crippen molar-refractivity contribution in [2.45, 2.75) is 19.8 Å². The van der Waals surface area contributed by atoms with Crippen LogP contribution in [0.2, 0.25) is 5.02 Å². The first-order valence-corrected chi connectivity index (χ1v) is 7.20. The number of rotatable bonds is 2. The molecule has 2 aromatic carbocycles. The van der Waals surface area contributed by atoms with Gasteiger partial charge in [0.2, 0.25) is 0 Å². The number of carbonyl (C=O) groups excluding carboxylic acids is 1. The van der Waals surface area contributed by atoms with E-state index < -0.39 is 0 Å². The second-order valence-corrected chi connectivity index (χ2v) is 5.51. The van der Waals surface area contributed by atoms with Crippen molar-refractivity contribution in [1.82, 2.24) is 0 Å². The van der Waals surface area contributed by atoms with E-state index >= 15 is 0 Å². The van der Waals surface area contributed by atoms with E-state index in [-0.39, 0.29) is 5.78 Å². The first kappa shape index (κ1) is 13.2. The number of halogens is 1. The van der Waals surface area contributed by atoms with Crippen LogP contribution in [0.3, 0.4) is 0 Å². The predicted molar refractivity (Wildman–Crippen MR) is 83.2 cm³/mol. The van der Waals surface area contributed by atoms with Gasteiger partial charge in [-0.3, -0.25) is 4.79 Å².